The largest absolute Gasteiger partial charge is 0.367 e. The molecule has 2 rings (SSSR count). The summed E-state index contributed by atoms with van der Waals surface area (Å²) in [5.74, 6) is 0.419. The third-order valence-electron chi connectivity index (χ3n) is 3.07. The van der Waals surface area contributed by atoms with Gasteiger partial charge in [-0.1, -0.05) is 17.7 Å². The molecule has 0 aliphatic heterocycles. The smallest absolute Gasteiger partial charge is 0.0509 e. The van der Waals surface area contributed by atoms with Crippen molar-refractivity contribution in [2.75, 3.05) is 11.4 Å². The zero-order chi connectivity index (χ0) is 13.7. The zero-order valence-corrected chi connectivity index (χ0v) is 12.3. The van der Waals surface area contributed by atoms with Gasteiger partial charge in [0, 0.05) is 41.8 Å². The molecule has 0 saturated carbocycles. The summed E-state index contributed by atoms with van der Waals surface area (Å²) in [5, 5.41) is 0.723. The van der Waals surface area contributed by atoms with Crippen LogP contribution >= 0.6 is 23.2 Å². The van der Waals surface area contributed by atoms with Gasteiger partial charge in [-0.3, -0.25) is 4.98 Å². The van der Waals surface area contributed by atoms with Crippen LogP contribution in [0.15, 0.2) is 42.7 Å². The molecule has 0 aliphatic rings. The summed E-state index contributed by atoms with van der Waals surface area (Å²) in [7, 11) is 0. The summed E-state index contributed by atoms with van der Waals surface area (Å²) in [5.41, 5.74) is 3.31. The molecule has 0 amide bonds. The minimum atomic E-state index is 0.419. The molecular weight excluding hydrogens is 279 g/mol. The lowest BCUT2D eigenvalue weighted by molar-refractivity contribution is 0.825. The first-order valence-electron chi connectivity index (χ1n) is 6.23. The van der Waals surface area contributed by atoms with Crippen LogP contribution in [0.1, 0.15) is 18.1 Å². The molecule has 0 radical (unpaired) electrons. The molecule has 0 bridgehead atoms. The van der Waals surface area contributed by atoms with Crippen molar-refractivity contribution in [3.05, 3.63) is 58.9 Å². The molecule has 19 heavy (non-hydrogen) atoms. The van der Waals surface area contributed by atoms with E-state index in [2.05, 4.69) is 22.9 Å². The summed E-state index contributed by atoms with van der Waals surface area (Å²) >= 11 is 12.2. The van der Waals surface area contributed by atoms with E-state index in [1.54, 1.807) is 0 Å². The maximum Gasteiger partial charge on any atom is 0.0509 e. The van der Waals surface area contributed by atoms with Crippen LogP contribution in [0.2, 0.25) is 5.02 Å². The molecule has 0 fully saturated rings. The normalized spacial score (nSPS) is 10.5. The lowest BCUT2D eigenvalue weighted by Crippen LogP contribution is -2.23. The van der Waals surface area contributed by atoms with Gasteiger partial charge in [0.2, 0.25) is 0 Å². The second kappa shape index (κ2) is 6.78. The standard InChI is InChI=1S/C15H16Cl2N2/c1-2-19(11-12-6-8-18-9-7-12)15-5-3-4-14(17)13(15)10-16/h3-9H,2,10-11H2,1H3. The van der Waals surface area contributed by atoms with Crippen molar-refractivity contribution in [1.82, 2.24) is 4.98 Å². The number of anilines is 1. The topological polar surface area (TPSA) is 16.1 Å². The van der Waals surface area contributed by atoms with E-state index in [1.165, 1.54) is 5.56 Å². The van der Waals surface area contributed by atoms with Crippen molar-refractivity contribution in [2.45, 2.75) is 19.3 Å². The molecule has 2 nitrogen and oxygen atoms in total. The number of halogens is 2. The molecule has 0 aliphatic carbocycles. The predicted octanol–water partition coefficient (Wildman–Crippen LogP) is 4.50. The Morgan fingerprint density at radius 2 is 1.89 bits per heavy atom. The van der Waals surface area contributed by atoms with Crippen LogP contribution < -0.4 is 4.90 Å². The van der Waals surface area contributed by atoms with Gasteiger partial charge in [-0.2, -0.15) is 0 Å². The molecule has 0 N–H and O–H groups in total. The van der Waals surface area contributed by atoms with Gasteiger partial charge in [-0.25, -0.2) is 0 Å². The summed E-state index contributed by atoms with van der Waals surface area (Å²) < 4.78 is 0. The third kappa shape index (κ3) is 3.40. The second-order valence-corrected chi connectivity index (χ2v) is 4.92. The van der Waals surface area contributed by atoms with Crippen LogP contribution in [-0.2, 0) is 12.4 Å². The van der Waals surface area contributed by atoms with Crippen LogP contribution in [0.3, 0.4) is 0 Å². The highest BCUT2D eigenvalue weighted by atomic mass is 35.5. The van der Waals surface area contributed by atoms with E-state index in [0.717, 1.165) is 29.4 Å². The van der Waals surface area contributed by atoms with Crippen LogP contribution in [0.5, 0.6) is 0 Å². The van der Waals surface area contributed by atoms with E-state index in [9.17, 15) is 0 Å². The van der Waals surface area contributed by atoms with E-state index in [-0.39, 0.29) is 0 Å². The van der Waals surface area contributed by atoms with Crippen molar-refractivity contribution in [1.29, 1.82) is 0 Å². The first kappa shape index (κ1) is 14.2. The highest BCUT2D eigenvalue weighted by Gasteiger charge is 2.12. The third-order valence-corrected chi connectivity index (χ3v) is 3.69. The Bertz CT molecular complexity index is 529. The Hall–Kier alpha value is -1.25. The number of pyridine rings is 1. The highest BCUT2D eigenvalue weighted by molar-refractivity contribution is 6.32. The Labute approximate surface area is 124 Å². The van der Waals surface area contributed by atoms with Gasteiger partial charge in [0.25, 0.3) is 0 Å². The highest BCUT2D eigenvalue weighted by Crippen LogP contribution is 2.29. The first-order valence-corrected chi connectivity index (χ1v) is 7.14. The van der Waals surface area contributed by atoms with Crippen molar-refractivity contribution in [3.8, 4) is 0 Å². The Morgan fingerprint density at radius 3 is 2.53 bits per heavy atom. The van der Waals surface area contributed by atoms with Crippen molar-refractivity contribution >= 4 is 28.9 Å². The molecule has 0 unspecified atom stereocenters. The fourth-order valence-corrected chi connectivity index (χ4v) is 2.64. The molecule has 0 saturated heterocycles. The number of hydrogen-bond acceptors (Lipinski definition) is 2. The quantitative estimate of drug-likeness (QED) is 0.755. The van der Waals surface area contributed by atoms with E-state index in [0.29, 0.717) is 5.88 Å². The molecule has 2 aromatic rings. The Kier molecular flexibility index (Phi) is 5.06. The number of hydrogen-bond donors (Lipinski definition) is 0. The first-order chi connectivity index (χ1) is 9.26. The molecule has 100 valence electrons. The monoisotopic (exact) mass is 294 g/mol. The molecule has 0 spiro atoms. The molecule has 1 aromatic carbocycles. The summed E-state index contributed by atoms with van der Waals surface area (Å²) in [4.78, 5) is 6.30. The molecule has 4 heteroatoms. The SMILES string of the molecule is CCN(Cc1ccncc1)c1cccc(Cl)c1CCl. The van der Waals surface area contributed by atoms with Crippen LogP contribution in [0.25, 0.3) is 0 Å². The van der Waals surface area contributed by atoms with E-state index in [4.69, 9.17) is 23.2 Å². The van der Waals surface area contributed by atoms with E-state index in [1.807, 2.05) is 36.7 Å². The van der Waals surface area contributed by atoms with E-state index >= 15 is 0 Å². The van der Waals surface area contributed by atoms with Crippen molar-refractivity contribution in [3.63, 3.8) is 0 Å². The molecule has 1 heterocycles. The fourth-order valence-electron chi connectivity index (χ4n) is 2.05. The molecular formula is C15H16Cl2N2. The maximum absolute atomic E-state index is 6.21. The van der Waals surface area contributed by atoms with Gasteiger partial charge in [-0.05, 0) is 36.8 Å². The minimum Gasteiger partial charge on any atom is -0.367 e. The number of benzene rings is 1. The minimum absolute atomic E-state index is 0.419. The van der Waals surface area contributed by atoms with Gasteiger partial charge < -0.3 is 4.90 Å². The molecule has 1 aromatic heterocycles. The fraction of sp³-hybridized carbons (Fsp3) is 0.267. The second-order valence-electron chi connectivity index (χ2n) is 4.24. The number of rotatable bonds is 5. The van der Waals surface area contributed by atoms with Crippen LogP contribution in [-0.4, -0.2) is 11.5 Å². The van der Waals surface area contributed by atoms with Crippen LogP contribution in [0, 0.1) is 0 Å². The maximum atomic E-state index is 6.21. The van der Waals surface area contributed by atoms with Gasteiger partial charge in [0.05, 0.1) is 5.88 Å². The van der Waals surface area contributed by atoms with Gasteiger partial charge in [-0.15, -0.1) is 11.6 Å². The Morgan fingerprint density at radius 1 is 1.16 bits per heavy atom. The predicted molar refractivity (Wildman–Crippen MR) is 82.0 cm³/mol. The summed E-state index contributed by atoms with van der Waals surface area (Å²) in [6.07, 6.45) is 3.62. The average Bonchev–Trinajstić information content (AvgIpc) is 2.45. The van der Waals surface area contributed by atoms with Gasteiger partial charge in [0.1, 0.15) is 0 Å². The molecule has 0 atom stereocenters. The average molecular weight is 295 g/mol. The van der Waals surface area contributed by atoms with E-state index < -0.39 is 0 Å². The summed E-state index contributed by atoms with van der Waals surface area (Å²) in [6, 6.07) is 9.95. The number of alkyl halides is 1. The van der Waals surface area contributed by atoms with Gasteiger partial charge >= 0.3 is 0 Å². The van der Waals surface area contributed by atoms with Crippen molar-refractivity contribution in [2.24, 2.45) is 0 Å². The summed E-state index contributed by atoms with van der Waals surface area (Å²) in [6.45, 7) is 3.84. The van der Waals surface area contributed by atoms with Gasteiger partial charge in [0.15, 0.2) is 0 Å². The van der Waals surface area contributed by atoms with Crippen molar-refractivity contribution < 1.29 is 0 Å². The number of nitrogens with zero attached hydrogens (tertiary/aromatic N) is 2. The number of aromatic nitrogens is 1. The Balaban J connectivity index is 2.30. The lowest BCUT2D eigenvalue weighted by Gasteiger charge is -2.26. The van der Waals surface area contributed by atoms with Crippen LogP contribution in [0.4, 0.5) is 5.69 Å². The zero-order valence-electron chi connectivity index (χ0n) is 10.8. The lowest BCUT2D eigenvalue weighted by atomic mass is 10.1.